The van der Waals surface area contributed by atoms with E-state index in [0.717, 1.165) is 38.0 Å². The SMILES string of the molecule is CN1C(=O)N2CN3CCCN(C3)CN3C(=S)NC1C23. The molecule has 4 rings (SSSR count). The molecule has 4 unspecified atom stereocenters. The fraction of sp³-hybridized carbons (Fsp3) is 0.818. The predicted octanol–water partition coefficient (Wildman–Crippen LogP) is -0.910. The minimum absolute atomic E-state index is 0.0128. The number of nitrogens with one attached hydrogen (secondary N) is 1. The van der Waals surface area contributed by atoms with Crippen molar-refractivity contribution in [2.75, 3.05) is 40.1 Å². The molecule has 1 N–H and O–H groups in total. The Labute approximate surface area is 117 Å². The number of hydrogen-bond acceptors (Lipinski definition) is 4. The summed E-state index contributed by atoms with van der Waals surface area (Å²) in [6.07, 6.45) is 1.18. The fourth-order valence-electron chi connectivity index (χ4n) is 3.54. The van der Waals surface area contributed by atoms with Gasteiger partial charge in [0.05, 0.1) is 20.0 Å². The zero-order valence-corrected chi connectivity index (χ0v) is 11.8. The second kappa shape index (κ2) is 3.94. The van der Waals surface area contributed by atoms with Gasteiger partial charge < -0.3 is 15.1 Å². The number of hydrogen-bond donors (Lipinski definition) is 1. The molecule has 4 aliphatic rings. The molecule has 0 aromatic carbocycles. The van der Waals surface area contributed by atoms with Crippen LogP contribution in [-0.2, 0) is 0 Å². The summed E-state index contributed by atoms with van der Waals surface area (Å²) in [5.41, 5.74) is 0. The van der Waals surface area contributed by atoms with Crippen LogP contribution in [0.2, 0.25) is 0 Å². The molecule has 2 bridgehead atoms. The molecule has 0 saturated carbocycles. The van der Waals surface area contributed by atoms with Gasteiger partial charge in [-0.15, -0.1) is 0 Å². The maximum Gasteiger partial charge on any atom is 0.324 e. The molecule has 4 heterocycles. The normalized spacial score (nSPS) is 41.0. The van der Waals surface area contributed by atoms with Gasteiger partial charge in [0, 0.05) is 20.1 Å². The highest BCUT2D eigenvalue weighted by Crippen LogP contribution is 2.30. The molecule has 4 atom stereocenters. The van der Waals surface area contributed by atoms with Crippen LogP contribution in [0.15, 0.2) is 0 Å². The molecule has 0 aromatic rings. The Morgan fingerprint density at radius 2 is 1.84 bits per heavy atom. The van der Waals surface area contributed by atoms with Crippen molar-refractivity contribution < 1.29 is 4.79 Å². The van der Waals surface area contributed by atoms with Gasteiger partial charge in [-0.05, 0) is 18.6 Å². The first-order chi connectivity index (χ1) is 9.15. The third kappa shape index (κ3) is 1.56. The lowest BCUT2D eigenvalue weighted by molar-refractivity contribution is -0.0304. The number of thiocarbonyl (C=S) groups is 1. The number of carbonyl (C=O) groups is 1. The molecule has 4 fully saturated rings. The lowest BCUT2D eigenvalue weighted by atomic mass is 10.3. The standard InChI is InChI=1S/C11H18N6OS/c1-13-8-9-16(10(19)12-8)6-14-3-2-4-15(5-14)7-17(9)11(13)18/h8-9H,2-7H2,1H3,(H,12,19). The maximum atomic E-state index is 12.4. The maximum absolute atomic E-state index is 12.4. The van der Waals surface area contributed by atoms with Crippen molar-refractivity contribution in [3.63, 3.8) is 0 Å². The number of amides is 2. The summed E-state index contributed by atoms with van der Waals surface area (Å²) >= 11 is 5.44. The summed E-state index contributed by atoms with van der Waals surface area (Å²) in [5, 5.41) is 4.04. The zero-order chi connectivity index (χ0) is 13.1. The highest BCUT2D eigenvalue weighted by Gasteiger charge is 2.53. The van der Waals surface area contributed by atoms with Crippen molar-refractivity contribution >= 4 is 23.4 Å². The van der Waals surface area contributed by atoms with Crippen molar-refractivity contribution in [1.82, 2.24) is 29.8 Å². The molecule has 19 heavy (non-hydrogen) atoms. The Morgan fingerprint density at radius 3 is 2.58 bits per heavy atom. The van der Waals surface area contributed by atoms with Gasteiger partial charge in [0.15, 0.2) is 5.11 Å². The summed E-state index contributed by atoms with van der Waals surface area (Å²) in [6, 6.07) is 0.0917. The molecule has 104 valence electrons. The summed E-state index contributed by atoms with van der Waals surface area (Å²) in [4.78, 5) is 23.0. The van der Waals surface area contributed by atoms with Gasteiger partial charge >= 0.3 is 6.03 Å². The smallest absolute Gasteiger partial charge is 0.324 e. The van der Waals surface area contributed by atoms with E-state index in [1.165, 1.54) is 0 Å². The zero-order valence-electron chi connectivity index (χ0n) is 10.9. The molecule has 0 spiro atoms. The van der Waals surface area contributed by atoms with Gasteiger partial charge in [0.25, 0.3) is 0 Å². The van der Waals surface area contributed by atoms with Crippen molar-refractivity contribution in [1.29, 1.82) is 0 Å². The van der Waals surface area contributed by atoms with Gasteiger partial charge in [0.1, 0.15) is 12.3 Å². The summed E-state index contributed by atoms with van der Waals surface area (Å²) in [7, 11) is 1.85. The third-order valence-corrected chi connectivity index (χ3v) is 4.82. The molecular formula is C11H18N6OS. The molecule has 4 aliphatic heterocycles. The van der Waals surface area contributed by atoms with Crippen LogP contribution < -0.4 is 5.32 Å². The topological polar surface area (TPSA) is 45.3 Å². The van der Waals surface area contributed by atoms with Crippen LogP contribution in [0.25, 0.3) is 0 Å². The van der Waals surface area contributed by atoms with Crippen LogP contribution in [0.4, 0.5) is 4.79 Å². The van der Waals surface area contributed by atoms with Crippen molar-refractivity contribution in [2.24, 2.45) is 0 Å². The lowest BCUT2D eigenvalue weighted by Gasteiger charge is -2.44. The van der Waals surface area contributed by atoms with Crippen LogP contribution in [0.1, 0.15) is 6.42 Å². The van der Waals surface area contributed by atoms with Gasteiger partial charge in [-0.3, -0.25) is 14.7 Å². The van der Waals surface area contributed by atoms with E-state index in [9.17, 15) is 4.79 Å². The van der Waals surface area contributed by atoms with E-state index in [1.54, 1.807) is 4.90 Å². The van der Waals surface area contributed by atoms with E-state index < -0.39 is 0 Å². The third-order valence-electron chi connectivity index (χ3n) is 4.47. The van der Waals surface area contributed by atoms with Crippen molar-refractivity contribution in [3.05, 3.63) is 0 Å². The first-order valence-corrected chi connectivity index (χ1v) is 7.11. The van der Waals surface area contributed by atoms with Crippen LogP contribution >= 0.6 is 12.2 Å². The minimum atomic E-state index is -0.0128. The molecule has 2 amide bonds. The van der Waals surface area contributed by atoms with Crippen LogP contribution in [0.5, 0.6) is 0 Å². The minimum Gasteiger partial charge on any atom is -0.339 e. The predicted molar refractivity (Wildman–Crippen MR) is 72.8 cm³/mol. The molecular weight excluding hydrogens is 264 g/mol. The second-order valence-electron chi connectivity index (χ2n) is 5.71. The van der Waals surface area contributed by atoms with E-state index in [0.29, 0.717) is 6.67 Å². The quantitative estimate of drug-likeness (QED) is 0.581. The Balaban J connectivity index is 1.71. The lowest BCUT2D eigenvalue weighted by Crippen LogP contribution is -2.60. The monoisotopic (exact) mass is 282 g/mol. The van der Waals surface area contributed by atoms with Crippen LogP contribution in [-0.4, -0.2) is 88.1 Å². The number of rotatable bonds is 0. The Hall–Kier alpha value is -1.12. The van der Waals surface area contributed by atoms with Crippen LogP contribution in [0, 0.1) is 0 Å². The largest absolute Gasteiger partial charge is 0.339 e. The Morgan fingerprint density at radius 1 is 1.16 bits per heavy atom. The fourth-order valence-corrected chi connectivity index (χ4v) is 3.83. The summed E-state index contributed by atoms with van der Waals surface area (Å²) in [6.45, 7) is 4.60. The molecule has 7 nitrogen and oxygen atoms in total. The Bertz CT molecular complexity index is 445. The van der Waals surface area contributed by atoms with Crippen molar-refractivity contribution in [3.8, 4) is 0 Å². The average molecular weight is 282 g/mol. The van der Waals surface area contributed by atoms with E-state index >= 15 is 0 Å². The number of urea groups is 1. The van der Waals surface area contributed by atoms with E-state index in [4.69, 9.17) is 12.2 Å². The number of nitrogens with zero attached hydrogens (tertiary/aromatic N) is 5. The summed E-state index contributed by atoms with van der Waals surface area (Å²) < 4.78 is 0. The first kappa shape index (κ1) is 11.7. The van der Waals surface area contributed by atoms with E-state index in [1.807, 2.05) is 11.9 Å². The van der Waals surface area contributed by atoms with E-state index in [2.05, 4.69) is 20.0 Å². The highest BCUT2D eigenvalue weighted by atomic mass is 32.1. The van der Waals surface area contributed by atoms with Gasteiger partial charge in [-0.2, -0.15) is 0 Å². The van der Waals surface area contributed by atoms with E-state index in [-0.39, 0.29) is 18.4 Å². The molecule has 0 aliphatic carbocycles. The highest BCUT2D eigenvalue weighted by molar-refractivity contribution is 7.80. The van der Waals surface area contributed by atoms with Crippen LogP contribution in [0.3, 0.4) is 0 Å². The van der Waals surface area contributed by atoms with Gasteiger partial charge in [-0.25, -0.2) is 4.79 Å². The molecule has 8 heteroatoms. The average Bonchev–Trinajstić information content (AvgIpc) is 2.80. The Kier molecular flexibility index (Phi) is 2.42. The molecule has 4 saturated heterocycles. The van der Waals surface area contributed by atoms with Gasteiger partial charge in [-0.1, -0.05) is 0 Å². The molecule has 0 aromatic heterocycles. The molecule has 0 radical (unpaired) electrons. The summed E-state index contributed by atoms with van der Waals surface area (Å²) in [5.74, 6) is 0. The van der Waals surface area contributed by atoms with Gasteiger partial charge in [0.2, 0.25) is 0 Å². The number of fused-ring (bicyclic) bond motifs is 2. The van der Waals surface area contributed by atoms with Crippen molar-refractivity contribution in [2.45, 2.75) is 18.8 Å². The second-order valence-corrected chi connectivity index (χ2v) is 6.09. The number of carbonyl (C=O) groups excluding carboxylic acids is 1. The first-order valence-electron chi connectivity index (χ1n) is 6.70. The number of likely N-dealkylation sites (N-methyl/N-ethyl adjacent to an activating group) is 1.